The maximum absolute atomic E-state index is 12.7. The molecule has 2 amide bonds. The quantitative estimate of drug-likeness (QED) is 0.708. The molecule has 4 nitrogen and oxygen atoms in total. The Balaban J connectivity index is 2.38. The standard InChI is InChI=1S/C17H23F3N2O2/c1-12(14-7-6-8-15(11-14)17(18,19)20)22-16(24)9-4-3-5-10-21-13(2)23/h6-8,11-12H,3-5,9-10H2,1-2H3,(H,21,23)(H,22,24). The van der Waals surface area contributed by atoms with Crippen molar-refractivity contribution in [1.82, 2.24) is 10.6 Å². The SMILES string of the molecule is CC(=O)NCCCCCC(=O)NC(C)c1cccc(C(F)(F)F)c1. The zero-order valence-electron chi connectivity index (χ0n) is 13.9. The van der Waals surface area contributed by atoms with Crippen molar-refractivity contribution in [1.29, 1.82) is 0 Å². The summed E-state index contributed by atoms with van der Waals surface area (Å²) in [5.41, 5.74) is -0.303. The van der Waals surface area contributed by atoms with Gasteiger partial charge in [0.1, 0.15) is 0 Å². The fourth-order valence-corrected chi connectivity index (χ4v) is 2.23. The summed E-state index contributed by atoms with van der Waals surface area (Å²) in [5, 5.41) is 5.38. The third-order valence-corrected chi connectivity index (χ3v) is 3.55. The van der Waals surface area contributed by atoms with Gasteiger partial charge in [-0.15, -0.1) is 0 Å². The van der Waals surface area contributed by atoms with E-state index >= 15 is 0 Å². The maximum atomic E-state index is 12.7. The molecule has 2 N–H and O–H groups in total. The molecule has 0 fully saturated rings. The van der Waals surface area contributed by atoms with Crippen LogP contribution in [0.15, 0.2) is 24.3 Å². The summed E-state index contributed by atoms with van der Waals surface area (Å²) in [6.07, 6.45) is -1.83. The van der Waals surface area contributed by atoms with E-state index in [1.54, 1.807) is 13.0 Å². The van der Waals surface area contributed by atoms with Gasteiger partial charge in [0.05, 0.1) is 11.6 Å². The maximum Gasteiger partial charge on any atom is 0.416 e. The van der Waals surface area contributed by atoms with E-state index in [4.69, 9.17) is 0 Å². The van der Waals surface area contributed by atoms with Gasteiger partial charge in [-0.25, -0.2) is 0 Å². The zero-order chi connectivity index (χ0) is 18.2. The molecule has 0 aromatic heterocycles. The van der Waals surface area contributed by atoms with E-state index in [0.29, 0.717) is 24.9 Å². The van der Waals surface area contributed by atoms with Crippen LogP contribution in [0.1, 0.15) is 56.7 Å². The van der Waals surface area contributed by atoms with E-state index < -0.39 is 17.8 Å². The molecule has 0 heterocycles. The fourth-order valence-electron chi connectivity index (χ4n) is 2.23. The van der Waals surface area contributed by atoms with Crippen molar-refractivity contribution in [2.75, 3.05) is 6.54 Å². The molecular formula is C17H23F3N2O2. The number of nitrogens with one attached hydrogen (secondary N) is 2. The molecule has 0 saturated carbocycles. The van der Waals surface area contributed by atoms with Crippen LogP contribution in [0.25, 0.3) is 0 Å². The number of hydrogen-bond acceptors (Lipinski definition) is 2. The van der Waals surface area contributed by atoms with Crippen molar-refractivity contribution in [2.45, 2.75) is 51.7 Å². The highest BCUT2D eigenvalue weighted by atomic mass is 19.4. The van der Waals surface area contributed by atoms with Gasteiger partial charge in [-0.1, -0.05) is 18.6 Å². The van der Waals surface area contributed by atoms with Crippen LogP contribution in [0.2, 0.25) is 0 Å². The molecule has 1 rings (SSSR count). The van der Waals surface area contributed by atoms with Crippen LogP contribution in [-0.4, -0.2) is 18.4 Å². The van der Waals surface area contributed by atoms with E-state index in [2.05, 4.69) is 10.6 Å². The number of rotatable bonds is 8. The Morgan fingerprint density at radius 3 is 2.50 bits per heavy atom. The van der Waals surface area contributed by atoms with Gasteiger partial charge < -0.3 is 10.6 Å². The summed E-state index contributed by atoms with van der Waals surface area (Å²) in [6, 6.07) is 4.47. The average molecular weight is 344 g/mol. The topological polar surface area (TPSA) is 58.2 Å². The Morgan fingerprint density at radius 2 is 1.88 bits per heavy atom. The number of amides is 2. The van der Waals surface area contributed by atoms with E-state index in [0.717, 1.165) is 25.0 Å². The molecule has 0 aliphatic heterocycles. The number of halogens is 3. The number of alkyl halides is 3. The van der Waals surface area contributed by atoms with Crippen molar-refractivity contribution in [3.63, 3.8) is 0 Å². The number of unbranched alkanes of at least 4 members (excludes halogenated alkanes) is 2. The molecular weight excluding hydrogens is 321 g/mol. The monoisotopic (exact) mass is 344 g/mol. The Hall–Kier alpha value is -2.05. The highest BCUT2D eigenvalue weighted by Gasteiger charge is 2.30. The summed E-state index contributed by atoms with van der Waals surface area (Å²) in [5.74, 6) is -0.276. The van der Waals surface area contributed by atoms with Gasteiger partial charge in [0.15, 0.2) is 0 Å². The van der Waals surface area contributed by atoms with Gasteiger partial charge >= 0.3 is 6.18 Å². The molecule has 1 unspecified atom stereocenters. The van der Waals surface area contributed by atoms with Crippen LogP contribution in [0.4, 0.5) is 13.2 Å². The lowest BCUT2D eigenvalue weighted by atomic mass is 10.0. The molecule has 24 heavy (non-hydrogen) atoms. The minimum absolute atomic E-state index is 0.0809. The molecule has 134 valence electrons. The number of benzene rings is 1. The molecule has 0 aliphatic carbocycles. The van der Waals surface area contributed by atoms with Crippen molar-refractivity contribution in [3.8, 4) is 0 Å². The van der Waals surface area contributed by atoms with E-state index in [1.165, 1.54) is 13.0 Å². The van der Waals surface area contributed by atoms with Gasteiger partial charge in [0.2, 0.25) is 11.8 Å². The lowest BCUT2D eigenvalue weighted by Crippen LogP contribution is -2.26. The second kappa shape index (κ2) is 9.30. The fraction of sp³-hybridized carbons (Fsp3) is 0.529. The Kier molecular flexibility index (Phi) is 7.74. The predicted molar refractivity (Wildman–Crippen MR) is 85.2 cm³/mol. The summed E-state index contributed by atoms with van der Waals surface area (Å²) >= 11 is 0. The van der Waals surface area contributed by atoms with Gasteiger partial charge in [-0.05, 0) is 37.5 Å². The highest BCUT2D eigenvalue weighted by molar-refractivity contribution is 5.76. The van der Waals surface area contributed by atoms with Crippen molar-refractivity contribution >= 4 is 11.8 Å². The molecule has 0 spiro atoms. The first-order valence-corrected chi connectivity index (χ1v) is 7.91. The highest BCUT2D eigenvalue weighted by Crippen LogP contribution is 2.30. The molecule has 0 radical (unpaired) electrons. The lowest BCUT2D eigenvalue weighted by Gasteiger charge is -2.16. The zero-order valence-corrected chi connectivity index (χ0v) is 13.9. The number of carbonyl (C=O) groups is 2. The van der Waals surface area contributed by atoms with Crippen molar-refractivity contribution in [2.24, 2.45) is 0 Å². The first-order chi connectivity index (χ1) is 11.2. The molecule has 1 aromatic carbocycles. The third kappa shape index (κ3) is 7.48. The predicted octanol–water partition coefficient (Wildman–Crippen LogP) is 3.58. The second-order valence-corrected chi connectivity index (χ2v) is 5.71. The molecule has 1 atom stereocenters. The summed E-state index contributed by atoms with van der Waals surface area (Å²) in [7, 11) is 0. The van der Waals surface area contributed by atoms with Crippen molar-refractivity contribution < 1.29 is 22.8 Å². The van der Waals surface area contributed by atoms with Crippen LogP contribution in [0.5, 0.6) is 0 Å². The second-order valence-electron chi connectivity index (χ2n) is 5.71. The normalized spacial score (nSPS) is 12.5. The van der Waals surface area contributed by atoms with Crippen LogP contribution >= 0.6 is 0 Å². The summed E-state index contributed by atoms with van der Waals surface area (Å²) < 4.78 is 38.1. The van der Waals surface area contributed by atoms with Gasteiger partial charge in [0.25, 0.3) is 0 Å². The van der Waals surface area contributed by atoms with Crippen LogP contribution in [0, 0.1) is 0 Å². The molecule has 0 saturated heterocycles. The molecule has 7 heteroatoms. The smallest absolute Gasteiger partial charge is 0.356 e. The molecule has 0 aliphatic rings. The Labute approximate surface area is 139 Å². The van der Waals surface area contributed by atoms with Gasteiger partial charge in [-0.3, -0.25) is 9.59 Å². The number of hydrogen-bond donors (Lipinski definition) is 2. The minimum atomic E-state index is -4.40. The van der Waals surface area contributed by atoms with Crippen molar-refractivity contribution in [3.05, 3.63) is 35.4 Å². The average Bonchev–Trinajstić information content (AvgIpc) is 2.49. The molecule has 1 aromatic rings. The largest absolute Gasteiger partial charge is 0.416 e. The van der Waals surface area contributed by atoms with E-state index in [1.807, 2.05) is 0 Å². The summed E-state index contributed by atoms with van der Waals surface area (Å²) in [4.78, 5) is 22.5. The van der Waals surface area contributed by atoms with E-state index in [-0.39, 0.29) is 11.8 Å². The van der Waals surface area contributed by atoms with Crippen LogP contribution < -0.4 is 10.6 Å². The first kappa shape index (κ1) is 20.0. The third-order valence-electron chi connectivity index (χ3n) is 3.55. The van der Waals surface area contributed by atoms with E-state index in [9.17, 15) is 22.8 Å². The van der Waals surface area contributed by atoms with Crippen LogP contribution in [0.3, 0.4) is 0 Å². The Morgan fingerprint density at radius 1 is 1.17 bits per heavy atom. The number of carbonyl (C=O) groups excluding carboxylic acids is 2. The van der Waals surface area contributed by atoms with Gasteiger partial charge in [-0.2, -0.15) is 13.2 Å². The first-order valence-electron chi connectivity index (χ1n) is 7.91. The van der Waals surface area contributed by atoms with Gasteiger partial charge in [0, 0.05) is 19.9 Å². The molecule has 0 bridgehead atoms. The Bertz CT molecular complexity index is 559. The summed E-state index contributed by atoms with van der Waals surface area (Å²) in [6.45, 7) is 3.68. The lowest BCUT2D eigenvalue weighted by molar-refractivity contribution is -0.137. The van der Waals surface area contributed by atoms with Crippen LogP contribution in [-0.2, 0) is 15.8 Å². The minimum Gasteiger partial charge on any atom is -0.356 e.